The van der Waals surface area contributed by atoms with Crippen LogP contribution in [-0.2, 0) is 27.7 Å². The summed E-state index contributed by atoms with van der Waals surface area (Å²) >= 11 is 0. The van der Waals surface area contributed by atoms with Crippen LogP contribution in [0.3, 0.4) is 0 Å². The van der Waals surface area contributed by atoms with Crippen molar-refractivity contribution in [1.82, 2.24) is 9.80 Å². The van der Waals surface area contributed by atoms with E-state index in [0.717, 1.165) is 17.0 Å². The van der Waals surface area contributed by atoms with Crippen LogP contribution in [0.25, 0.3) is 0 Å². The maximum atomic E-state index is 13.5. The number of rotatable bonds is 6. The number of ether oxygens (including phenoxy) is 1. The highest BCUT2D eigenvalue weighted by Crippen LogP contribution is 2.45. The summed E-state index contributed by atoms with van der Waals surface area (Å²) in [5.74, 6) is -1.22. The van der Waals surface area contributed by atoms with Gasteiger partial charge in [-0.1, -0.05) is 18.9 Å². The topological polar surface area (TPSA) is 70.1 Å². The number of benzene rings is 1. The Hall–Kier alpha value is -2.71. The molecule has 1 N–H and O–H groups in total. The minimum absolute atomic E-state index is 0.0215. The molecule has 0 bridgehead atoms. The molecule has 226 valence electrons. The van der Waals surface area contributed by atoms with Crippen LogP contribution < -0.4 is 0 Å². The fourth-order valence-corrected chi connectivity index (χ4v) is 5.41. The van der Waals surface area contributed by atoms with Gasteiger partial charge < -0.3 is 14.7 Å². The molecule has 2 fully saturated rings. The predicted octanol–water partition coefficient (Wildman–Crippen LogP) is 6.52. The number of alkyl halides is 9. The average molecular weight is 592 g/mol. The van der Waals surface area contributed by atoms with Gasteiger partial charge in [-0.05, 0) is 62.9 Å². The van der Waals surface area contributed by atoms with Crippen LogP contribution in [0.4, 0.5) is 44.3 Å². The first-order valence-electron chi connectivity index (χ1n) is 12.4. The number of carbonyl (C=O) groups excluding carboxylic acids is 1. The van der Waals surface area contributed by atoms with Crippen LogP contribution in [-0.4, -0.2) is 71.1 Å². The maximum absolute atomic E-state index is 13.5. The highest BCUT2D eigenvalue weighted by atomic mass is 19.4. The molecule has 1 aromatic carbocycles. The number of aliphatic carboxylic acids is 1. The van der Waals surface area contributed by atoms with Crippen molar-refractivity contribution < 1.29 is 58.9 Å². The van der Waals surface area contributed by atoms with Crippen molar-refractivity contribution in [1.29, 1.82) is 0 Å². The Balaban J connectivity index is 1.78. The summed E-state index contributed by atoms with van der Waals surface area (Å²) in [5.41, 5.74) is -2.81. The Labute approximate surface area is 224 Å². The zero-order chi connectivity index (χ0) is 30.3. The number of nitrogens with zero attached hydrogens (tertiary/aromatic N) is 2. The van der Waals surface area contributed by atoms with Gasteiger partial charge in [-0.25, -0.2) is 4.79 Å². The third-order valence-corrected chi connectivity index (χ3v) is 8.06. The molecule has 3 rings (SSSR count). The van der Waals surface area contributed by atoms with E-state index in [1.165, 1.54) is 6.07 Å². The van der Waals surface area contributed by atoms with Crippen LogP contribution in [0.5, 0.6) is 0 Å². The van der Waals surface area contributed by atoms with Crippen molar-refractivity contribution in [2.24, 2.45) is 0 Å². The second-order valence-corrected chi connectivity index (χ2v) is 10.7. The number of piperidine rings is 1. The second-order valence-electron chi connectivity index (χ2n) is 10.7. The van der Waals surface area contributed by atoms with E-state index in [9.17, 15) is 54.2 Å². The number of likely N-dealkylation sites (tertiary alicyclic amines) is 1. The van der Waals surface area contributed by atoms with Gasteiger partial charge in [0, 0.05) is 25.2 Å². The van der Waals surface area contributed by atoms with Crippen LogP contribution in [0, 0.1) is 0 Å². The van der Waals surface area contributed by atoms with Gasteiger partial charge in [-0.2, -0.15) is 39.5 Å². The smallest absolute Gasteiger partial charge is 0.434 e. The minimum atomic E-state index is -5.84. The van der Waals surface area contributed by atoms with Gasteiger partial charge in [0.05, 0.1) is 11.0 Å². The van der Waals surface area contributed by atoms with Crippen LogP contribution in [0.15, 0.2) is 18.2 Å². The highest BCUT2D eigenvalue weighted by Gasteiger charge is 2.60. The predicted molar refractivity (Wildman–Crippen MR) is 122 cm³/mol. The summed E-state index contributed by atoms with van der Waals surface area (Å²) in [7, 11) is 1.63. The fraction of sp³-hybridized carbons (Fsp3) is 0.680. The summed E-state index contributed by atoms with van der Waals surface area (Å²) < 4.78 is 121. The van der Waals surface area contributed by atoms with Crippen molar-refractivity contribution in [2.45, 2.75) is 87.6 Å². The van der Waals surface area contributed by atoms with Crippen molar-refractivity contribution in [3.8, 4) is 0 Å². The monoisotopic (exact) mass is 592 g/mol. The van der Waals surface area contributed by atoms with Gasteiger partial charge in [-0.15, -0.1) is 0 Å². The van der Waals surface area contributed by atoms with Crippen molar-refractivity contribution in [2.75, 3.05) is 20.1 Å². The molecule has 0 radical (unpaired) electrons. The Bertz CT molecular complexity index is 1070. The molecule has 1 aliphatic heterocycles. The first-order chi connectivity index (χ1) is 18.2. The van der Waals surface area contributed by atoms with Gasteiger partial charge in [0.25, 0.3) is 6.10 Å². The summed E-state index contributed by atoms with van der Waals surface area (Å²) in [6, 6.07) is 2.99. The Kier molecular flexibility index (Phi) is 8.70. The van der Waals surface area contributed by atoms with Crippen LogP contribution in [0.2, 0.25) is 0 Å². The number of amides is 1. The zero-order valence-electron chi connectivity index (χ0n) is 21.6. The number of halogens is 9. The lowest BCUT2D eigenvalue weighted by Crippen LogP contribution is -2.54. The van der Waals surface area contributed by atoms with Crippen molar-refractivity contribution in [3.63, 3.8) is 0 Å². The molecule has 1 aromatic rings. The molecular weight excluding hydrogens is 563 g/mol. The quantitative estimate of drug-likeness (QED) is 0.381. The first-order valence-corrected chi connectivity index (χ1v) is 12.4. The van der Waals surface area contributed by atoms with E-state index in [1.54, 1.807) is 18.9 Å². The van der Waals surface area contributed by atoms with Crippen LogP contribution >= 0.6 is 0 Å². The lowest BCUT2D eigenvalue weighted by Gasteiger charge is -2.45. The molecule has 1 saturated carbocycles. The number of carbonyl (C=O) groups is 2. The van der Waals surface area contributed by atoms with E-state index in [1.807, 2.05) is 0 Å². The molecule has 0 unspecified atom stereocenters. The average Bonchev–Trinajstić information content (AvgIpc) is 3.32. The molecule has 1 aliphatic carbocycles. The van der Waals surface area contributed by atoms with Crippen molar-refractivity contribution >= 4 is 12.1 Å². The normalized spacial score (nSPS) is 19.8. The molecule has 0 atom stereocenters. The van der Waals surface area contributed by atoms with Gasteiger partial charge in [0.1, 0.15) is 0 Å². The third kappa shape index (κ3) is 6.60. The maximum Gasteiger partial charge on any atom is 0.434 e. The Morgan fingerprint density at radius 1 is 0.975 bits per heavy atom. The molecule has 1 saturated heterocycles. The third-order valence-electron chi connectivity index (χ3n) is 8.06. The van der Waals surface area contributed by atoms with E-state index in [2.05, 4.69) is 4.74 Å². The lowest BCUT2D eigenvalue weighted by molar-refractivity contribution is -0.308. The fourth-order valence-electron chi connectivity index (χ4n) is 5.41. The van der Waals surface area contributed by atoms with E-state index in [4.69, 9.17) is 0 Å². The standard InChI is InChI=1S/C25H29F9N2O4/c1-21(9-11-36(12-10-21)20(39)40-18(24(29,30)31)25(32,33)34)35(2)14-15-5-6-16(23(26,27)28)13-17(15)22(19(37)38)7-3-4-8-22/h5-6,13,18H,3-4,7-12,14H2,1-2H3,(H,37,38). The summed E-state index contributed by atoms with van der Waals surface area (Å²) in [5, 5.41) is 10.0. The minimum Gasteiger partial charge on any atom is -0.481 e. The SMILES string of the molecule is CN(Cc1ccc(C(F)(F)F)cc1C1(C(=O)O)CCCC1)C1(C)CCN(C(=O)OC(C(F)(F)F)C(F)(F)F)CC1. The number of carboxylic acid groups (broad SMARTS) is 1. The second kappa shape index (κ2) is 10.9. The summed E-state index contributed by atoms with van der Waals surface area (Å²) in [6.07, 6.45) is -20.8. The largest absolute Gasteiger partial charge is 0.481 e. The molecule has 6 nitrogen and oxygen atoms in total. The molecule has 40 heavy (non-hydrogen) atoms. The molecule has 0 aromatic heterocycles. The molecular formula is C25H29F9N2O4. The molecule has 2 aliphatic rings. The van der Waals surface area contributed by atoms with Gasteiger partial charge in [0.2, 0.25) is 0 Å². The Morgan fingerprint density at radius 2 is 1.50 bits per heavy atom. The molecule has 1 amide bonds. The Morgan fingerprint density at radius 3 is 1.95 bits per heavy atom. The number of hydrogen-bond donors (Lipinski definition) is 1. The summed E-state index contributed by atoms with van der Waals surface area (Å²) in [4.78, 5) is 26.9. The van der Waals surface area contributed by atoms with Gasteiger partial charge >= 0.3 is 30.6 Å². The summed E-state index contributed by atoms with van der Waals surface area (Å²) in [6.45, 7) is 1.28. The number of carboxylic acids is 1. The van der Waals surface area contributed by atoms with E-state index < -0.39 is 53.2 Å². The molecule has 1 heterocycles. The van der Waals surface area contributed by atoms with Gasteiger partial charge in [0.15, 0.2) is 0 Å². The van der Waals surface area contributed by atoms with E-state index in [0.29, 0.717) is 18.4 Å². The zero-order valence-corrected chi connectivity index (χ0v) is 21.6. The van der Waals surface area contributed by atoms with Gasteiger partial charge in [-0.3, -0.25) is 9.69 Å². The van der Waals surface area contributed by atoms with Crippen LogP contribution in [0.1, 0.15) is 62.1 Å². The van der Waals surface area contributed by atoms with E-state index in [-0.39, 0.29) is 50.9 Å². The number of hydrogen-bond acceptors (Lipinski definition) is 4. The van der Waals surface area contributed by atoms with E-state index >= 15 is 0 Å². The lowest BCUT2D eigenvalue weighted by atomic mass is 9.75. The first kappa shape index (κ1) is 31.8. The molecule has 0 spiro atoms. The highest BCUT2D eigenvalue weighted by molar-refractivity contribution is 5.82. The molecule has 15 heteroatoms. The van der Waals surface area contributed by atoms with Crippen molar-refractivity contribution in [3.05, 3.63) is 34.9 Å².